The number of carbonyl (C=O) groups is 2. The molecule has 0 saturated carbocycles. The Kier molecular flexibility index (Phi) is 4.03. The van der Waals surface area contributed by atoms with Crippen molar-refractivity contribution in [1.82, 2.24) is 15.1 Å². The third-order valence-electron chi connectivity index (χ3n) is 3.40. The normalized spacial score (nSPS) is 19.2. The quantitative estimate of drug-likeness (QED) is 0.778. The average Bonchev–Trinajstić information content (AvgIpc) is 2.84. The smallest absolute Gasteiger partial charge is 0.307 e. The molecule has 0 radical (unpaired) electrons. The number of aromatic amines is 1. The van der Waals surface area contributed by atoms with Crippen LogP contribution in [0.2, 0.25) is 0 Å². The molecule has 2 rings (SSSR count). The van der Waals surface area contributed by atoms with Crippen LogP contribution in [0.1, 0.15) is 36.2 Å². The lowest BCUT2D eigenvalue weighted by atomic mass is 9.99. The van der Waals surface area contributed by atoms with E-state index in [1.165, 1.54) is 13.3 Å². The minimum absolute atomic E-state index is 0.128. The third-order valence-corrected chi connectivity index (χ3v) is 3.40. The van der Waals surface area contributed by atoms with Crippen LogP contribution in [0, 0.1) is 0 Å². The monoisotopic (exact) mass is 266 g/mol. The number of hydrogen-bond donors (Lipinski definition) is 2. The van der Waals surface area contributed by atoms with E-state index in [0.29, 0.717) is 12.2 Å². The molecule has 3 N–H and O–H groups in total. The number of methoxy groups -OCH3 is 1. The van der Waals surface area contributed by atoms with E-state index < -0.39 is 0 Å². The van der Waals surface area contributed by atoms with Gasteiger partial charge in [-0.25, -0.2) is 0 Å². The lowest BCUT2D eigenvalue weighted by Crippen LogP contribution is -2.45. The highest BCUT2D eigenvalue weighted by atomic mass is 16.5. The Morgan fingerprint density at radius 3 is 3.00 bits per heavy atom. The highest BCUT2D eigenvalue weighted by Crippen LogP contribution is 2.23. The Balaban J connectivity index is 2.13. The van der Waals surface area contributed by atoms with Gasteiger partial charge in [-0.2, -0.15) is 5.10 Å². The first-order valence-electron chi connectivity index (χ1n) is 6.30. The molecule has 1 fully saturated rings. The first kappa shape index (κ1) is 13.4. The number of amides is 1. The van der Waals surface area contributed by atoms with Gasteiger partial charge in [0.2, 0.25) is 0 Å². The summed E-state index contributed by atoms with van der Waals surface area (Å²) >= 11 is 0. The number of nitrogens with zero attached hydrogens (tertiary/aromatic N) is 2. The van der Waals surface area contributed by atoms with E-state index >= 15 is 0 Å². The second kappa shape index (κ2) is 5.73. The fraction of sp³-hybridized carbons (Fsp3) is 0.583. The van der Waals surface area contributed by atoms with Gasteiger partial charge >= 0.3 is 5.97 Å². The molecule has 2 heterocycles. The number of nitrogen functional groups attached to an aromatic ring is 1. The van der Waals surface area contributed by atoms with Crippen molar-refractivity contribution < 1.29 is 14.3 Å². The Morgan fingerprint density at radius 2 is 2.37 bits per heavy atom. The number of carbonyl (C=O) groups excluding carboxylic acids is 2. The van der Waals surface area contributed by atoms with Crippen molar-refractivity contribution in [1.29, 1.82) is 0 Å². The number of esters is 1. The molecule has 7 nitrogen and oxygen atoms in total. The Hall–Kier alpha value is -2.05. The maximum atomic E-state index is 12.4. The number of ether oxygens (including phenoxy) is 1. The predicted octanol–water partition coefficient (Wildman–Crippen LogP) is 0.550. The van der Waals surface area contributed by atoms with Gasteiger partial charge < -0.3 is 15.4 Å². The summed E-state index contributed by atoms with van der Waals surface area (Å²) in [6.07, 6.45) is 4.36. The number of hydrogen-bond acceptors (Lipinski definition) is 5. The fourth-order valence-corrected chi connectivity index (χ4v) is 2.37. The zero-order valence-corrected chi connectivity index (χ0v) is 10.9. The molecule has 0 bridgehead atoms. The molecule has 1 aliphatic heterocycles. The minimum atomic E-state index is -0.303. The summed E-state index contributed by atoms with van der Waals surface area (Å²) < 4.78 is 4.67. The van der Waals surface area contributed by atoms with E-state index in [-0.39, 0.29) is 30.0 Å². The minimum Gasteiger partial charge on any atom is -0.469 e. The molecule has 1 saturated heterocycles. The summed E-state index contributed by atoms with van der Waals surface area (Å²) in [4.78, 5) is 25.5. The summed E-state index contributed by atoms with van der Waals surface area (Å²) in [7, 11) is 1.35. The van der Waals surface area contributed by atoms with E-state index in [0.717, 1.165) is 19.3 Å². The zero-order chi connectivity index (χ0) is 13.8. The second-order valence-corrected chi connectivity index (χ2v) is 4.63. The topological polar surface area (TPSA) is 101 Å². The van der Waals surface area contributed by atoms with Gasteiger partial charge in [-0.15, -0.1) is 0 Å². The first-order chi connectivity index (χ1) is 9.13. The van der Waals surface area contributed by atoms with E-state index in [1.807, 2.05) is 0 Å². The van der Waals surface area contributed by atoms with E-state index in [1.54, 1.807) is 4.90 Å². The summed E-state index contributed by atoms with van der Waals surface area (Å²) in [6, 6.07) is -0.128. The summed E-state index contributed by atoms with van der Waals surface area (Å²) in [6.45, 7) is 0.624. The molecule has 1 amide bonds. The molecular weight excluding hydrogens is 248 g/mol. The van der Waals surface area contributed by atoms with Gasteiger partial charge in [0.15, 0.2) is 0 Å². The van der Waals surface area contributed by atoms with Crippen molar-refractivity contribution in [2.75, 3.05) is 19.4 Å². The van der Waals surface area contributed by atoms with Crippen LogP contribution >= 0.6 is 0 Å². The van der Waals surface area contributed by atoms with Crippen LogP contribution in [0.4, 0.5) is 5.69 Å². The van der Waals surface area contributed by atoms with Crippen molar-refractivity contribution >= 4 is 17.6 Å². The van der Waals surface area contributed by atoms with Crippen molar-refractivity contribution in [3.05, 3.63) is 11.9 Å². The third kappa shape index (κ3) is 2.86. The van der Waals surface area contributed by atoms with Crippen molar-refractivity contribution in [2.24, 2.45) is 0 Å². The van der Waals surface area contributed by atoms with Crippen LogP contribution in [0.5, 0.6) is 0 Å². The molecule has 19 heavy (non-hydrogen) atoms. The summed E-state index contributed by atoms with van der Waals surface area (Å²) in [5.41, 5.74) is 6.30. The average molecular weight is 266 g/mol. The van der Waals surface area contributed by atoms with Gasteiger partial charge in [-0.1, -0.05) is 0 Å². The molecule has 1 aromatic heterocycles. The highest BCUT2D eigenvalue weighted by Gasteiger charge is 2.30. The van der Waals surface area contributed by atoms with Gasteiger partial charge in [-0.3, -0.25) is 14.7 Å². The molecule has 1 aromatic rings. The Labute approximate surface area is 111 Å². The first-order valence-corrected chi connectivity index (χ1v) is 6.30. The molecule has 104 valence electrons. The van der Waals surface area contributed by atoms with Crippen LogP contribution in [0.3, 0.4) is 0 Å². The molecular formula is C12H18N4O3. The SMILES string of the molecule is COC(=O)CC1CCCCN1C(=O)c1[nH]ncc1N. The molecule has 1 unspecified atom stereocenters. The lowest BCUT2D eigenvalue weighted by Gasteiger charge is -2.34. The second-order valence-electron chi connectivity index (χ2n) is 4.63. The number of anilines is 1. The molecule has 0 spiro atoms. The number of aromatic nitrogens is 2. The maximum Gasteiger partial charge on any atom is 0.307 e. The van der Waals surface area contributed by atoms with Crippen LogP contribution in [-0.4, -0.2) is 46.7 Å². The Morgan fingerprint density at radius 1 is 1.58 bits per heavy atom. The van der Waals surface area contributed by atoms with E-state index in [9.17, 15) is 9.59 Å². The van der Waals surface area contributed by atoms with Crippen molar-refractivity contribution in [3.8, 4) is 0 Å². The lowest BCUT2D eigenvalue weighted by molar-refractivity contribution is -0.142. The van der Waals surface area contributed by atoms with Crippen LogP contribution < -0.4 is 5.73 Å². The van der Waals surface area contributed by atoms with Crippen molar-refractivity contribution in [3.63, 3.8) is 0 Å². The van der Waals surface area contributed by atoms with Crippen molar-refractivity contribution in [2.45, 2.75) is 31.7 Å². The maximum absolute atomic E-state index is 12.4. The summed E-state index contributed by atoms with van der Waals surface area (Å²) in [5.74, 6) is -0.508. The largest absolute Gasteiger partial charge is 0.469 e. The van der Waals surface area contributed by atoms with Crippen LogP contribution in [-0.2, 0) is 9.53 Å². The molecule has 1 aliphatic rings. The van der Waals surface area contributed by atoms with Gasteiger partial charge in [0, 0.05) is 12.6 Å². The van der Waals surface area contributed by atoms with E-state index in [2.05, 4.69) is 14.9 Å². The summed E-state index contributed by atoms with van der Waals surface area (Å²) in [5, 5.41) is 6.36. The number of nitrogens with two attached hydrogens (primary N) is 1. The molecule has 1 atom stereocenters. The number of rotatable bonds is 3. The highest BCUT2D eigenvalue weighted by molar-refractivity contribution is 5.97. The Bertz CT molecular complexity index is 471. The van der Waals surface area contributed by atoms with Gasteiger partial charge in [0.25, 0.3) is 5.91 Å². The van der Waals surface area contributed by atoms with E-state index in [4.69, 9.17) is 5.73 Å². The molecule has 0 aliphatic carbocycles. The van der Waals surface area contributed by atoms with Crippen LogP contribution in [0.25, 0.3) is 0 Å². The van der Waals surface area contributed by atoms with Crippen LogP contribution in [0.15, 0.2) is 6.20 Å². The molecule has 0 aromatic carbocycles. The standard InChI is InChI=1S/C12H18N4O3/c1-19-10(17)6-8-4-2-3-5-16(8)12(18)11-9(13)7-14-15-11/h7-8H,2-6,13H2,1H3,(H,14,15). The zero-order valence-electron chi connectivity index (χ0n) is 10.9. The number of likely N-dealkylation sites (tertiary alicyclic amines) is 1. The van der Waals surface area contributed by atoms with Gasteiger partial charge in [0.05, 0.1) is 25.4 Å². The molecule has 7 heteroatoms. The predicted molar refractivity (Wildman–Crippen MR) is 68.3 cm³/mol. The van der Waals surface area contributed by atoms with Gasteiger partial charge in [-0.05, 0) is 19.3 Å². The van der Waals surface area contributed by atoms with Gasteiger partial charge in [0.1, 0.15) is 5.69 Å². The number of nitrogens with one attached hydrogen (secondary N) is 1. The number of H-pyrrole nitrogens is 1. The fourth-order valence-electron chi connectivity index (χ4n) is 2.37. The number of piperidine rings is 1.